The molecule has 1 amide bonds. The zero-order chi connectivity index (χ0) is 16.8. The summed E-state index contributed by atoms with van der Waals surface area (Å²) >= 11 is 0. The molecular weight excluding hydrogens is 300 g/mol. The number of carbonyl (C=O) groups excluding carboxylic acids is 2. The van der Waals surface area contributed by atoms with Crippen LogP contribution in [0.4, 0.5) is 0 Å². The molecule has 1 aliphatic carbocycles. The second kappa shape index (κ2) is 8.10. The fourth-order valence-corrected chi connectivity index (χ4v) is 3.34. The summed E-state index contributed by atoms with van der Waals surface area (Å²) in [6, 6.07) is -0.672. The fourth-order valence-electron chi connectivity index (χ4n) is 3.34. The molecular formula is C16H24N2O5. The molecule has 3 N–H and O–H groups in total. The number of hydrogen-bond donors (Lipinski definition) is 2. The van der Waals surface area contributed by atoms with E-state index in [1.165, 1.54) is 0 Å². The van der Waals surface area contributed by atoms with Gasteiger partial charge in [0.1, 0.15) is 6.10 Å². The Morgan fingerprint density at radius 3 is 2.39 bits per heavy atom. The number of hydrogen-bond acceptors (Lipinski definition) is 5. The Morgan fingerprint density at radius 2 is 1.74 bits per heavy atom. The maximum absolute atomic E-state index is 12.5. The van der Waals surface area contributed by atoms with Crippen molar-refractivity contribution in [2.75, 3.05) is 13.1 Å². The van der Waals surface area contributed by atoms with Gasteiger partial charge in [0, 0.05) is 31.2 Å². The average Bonchev–Trinajstić information content (AvgIpc) is 3.06. The Hall–Kier alpha value is -1.89. The molecule has 3 atom stereocenters. The molecule has 1 heterocycles. The first kappa shape index (κ1) is 17.5. The number of likely N-dealkylation sites (tertiary alicyclic amines) is 1. The summed E-state index contributed by atoms with van der Waals surface area (Å²) in [6.07, 6.45) is 6.45. The van der Waals surface area contributed by atoms with Crippen molar-refractivity contribution in [1.29, 1.82) is 0 Å². The van der Waals surface area contributed by atoms with Crippen LogP contribution in [0.2, 0.25) is 0 Å². The number of carbonyl (C=O) groups is 3. The normalized spacial score (nSPS) is 26.2. The molecule has 2 aliphatic rings. The lowest BCUT2D eigenvalue weighted by atomic mass is 9.81. The van der Waals surface area contributed by atoms with Crippen LogP contribution in [0.3, 0.4) is 0 Å². The van der Waals surface area contributed by atoms with E-state index in [2.05, 4.69) is 0 Å². The number of aliphatic carboxylic acids is 1. The van der Waals surface area contributed by atoms with Crippen LogP contribution in [0.1, 0.15) is 38.5 Å². The van der Waals surface area contributed by atoms with Gasteiger partial charge < -0.3 is 20.5 Å². The van der Waals surface area contributed by atoms with Crippen molar-refractivity contribution >= 4 is 17.8 Å². The highest BCUT2D eigenvalue weighted by molar-refractivity contribution is 5.90. The van der Waals surface area contributed by atoms with E-state index in [0.29, 0.717) is 6.42 Å². The van der Waals surface area contributed by atoms with Crippen LogP contribution >= 0.6 is 0 Å². The summed E-state index contributed by atoms with van der Waals surface area (Å²) in [5.41, 5.74) is 6.17. The molecule has 0 radical (unpaired) electrons. The Balaban J connectivity index is 1.98. The monoisotopic (exact) mass is 324 g/mol. The van der Waals surface area contributed by atoms with E-state index in [-0.39, 0.29) is 11.8 Å². The van der Waals surface area contributed by atoms with Crippen LogP contribution in [0.5, 0.6) is 0 Å². The molecule has 0 aromatic rings. The molecule has 23 heavy (non-hydrogen) atoms. The fraction of sp³-hybridized carbons (Fsp3) is 0.688. The summed E-state index contributed by atoms with van der Waals surface area (Å²) < 4.78 is 5.35. The summed E-state index contributed by atoms with van der Waals surface area (Å²) in [6.45, 7) is 1.48. The predicted octanol–water partition coefficient (Wildman–Crippen LogP) is 0.679. The predicted molar refractivity (Wildman–Crippen MR) is 82.4 cm³/mol. The molecule has 2 fully saturated rings. The highest BCUT2D eigenvalue weighted by Crippen LogP contribution is 2.30. The van der Waals surface area contributed by atoms with Crippen molar-refractivity contribution in [1.82, 2.24) is 4.90 Å². The van der Waals surface area contributed by atoms with Crippen molar-refractivity contribution in [2.45, 2.75) is 50.7 Å². The SMILES string of the molecule is N[C@H](C(=O)N1CCCC1)[C@H]1CCCC[C@H]1OC(=O)C=CC(=O)O. The zero-order valence-corrected chi connectivity index (χ0v) is 13.1. The zero-order valence-electron chi connectivity index (χ0n) is 13.1. The largest absolute Gasteiger partial charge is 0.478 e. The third kappa shape index (κ3) is 4.79. The van der Waals surface area contributed by atoms with Crippen LogP contribution < -0.4 is 5.73 Å². The Bertz CT molecular complexity index is 485. The highest BCUT2D eigenvalue weighted by Gasteiger charge is 2.37. The molecule has 128 valence electrons. The Labute approximate surface area is 135 Å². The van der Waals surface area contributed by atoms with E-state index in [1.54, 1.807) is 4.90 Å². The summed E-state index contributed by atoms with van der Waals surface area (Å²) in [4.78, 5) is 36.4. The van der Waals surface area contributed by atoms with E-state index in [4.69, 9.17) is 15.6 Å². The number of esters is 1. The van der Waals surface area contributed by atoms with Crippen LogP contribution in [0.25, 0.3) is 0 Å². The third-order valence-corrected chi connectivity index (χ3v) is 4.55. The van der Waals surface area contributed by atoms with Gasteiger partial charge in [0.2, 0.25) is 5.91 Å². The maximum atomic E-state index is 12.5. The number of nitrogens with zero attached hydrogens (tertiary/aromatic N) is 1. The number of carboxylic acids is 1. The number of carboxylic acid groups (broad SMARTS) is 1. The number of rotatable bonds is 5. The van der Waals surface area contributed by atoms with Gasteiger partial charge in [0.25, 0.3) is 0 Å². The topological polar surface area (TPSA) is 110 Å². The molecule has 0 aromatic heterocycles. The van der Waals surface area contributed by atoms with Gasteiger partial charge in [-0.3, -0.25) is 4.79 Å². The quantitative estimate of drug-likeness (QED) is 0.568. The number of amides is 1. The standard InChI is InChI=1S/C16H24N2O5/c17-15(16(22)18-9-3-4-10-18)11-5-1-2-6-12(11)23-14(21)8-7-13(19)20/h7-8,11-12,15H,1-6,9-10,17H2,(H,19,20)/t11-,12+,15-/m0/s1. The van der Waals surface area contributed by atoms with E-state index < -0.39 is 24.1 Å². The molecule has 2 rings (SSSR count). The summed E-state index contributed by atoms with van der Waals surface area (Å²) in [5, 5.41) is 8.54. The summed E-state index contributed by atoms with van der Waals surface area (Å²) in [5.74, 6) is -2.19. The Morgan fingerprint density at radius 1 is 1.09 bits per heavy atom. The first-order chi connectivity index (χ1) is 11.0. The van der Waals surface area contributed by atoms with Gasteiger partial charge in [-0.2, -0.15) is 0 Å². The number of nitrogens with two attached hydrogens (primary N) is 1. The van der Waals surface area contributed by atoms with Gasteiger partial charge in [-0.05, 0) is 32.1 Å². The summed E-state index contributed by atoms with van der Waals surface area (Å²) in [7, 11) is 0. The molecule has 0 aromatic carbocycles. The van der Waals surface area contributed by atoms with Crippen molar-refractivity contribution in [2.24, 2.45) is 11.7 Å². The molecule has 7 nitrogen and oxygen atoms in total. The minimum Gasteiger partial charge on any atom is -0.478 e. The minimum absolute atomic E-state index is 0.0727. The molecule has 0 unspecified atom stereocenters. The second-order valence-corrected chi connectivity index (χ2v) is 6.15. The second-order valence-electron chi connectivity index (χ2n) is 6.15. The van der Waals surface area contributed by atoms with E-state index >= 15 is 0 Å². The Kier molecular flexibility index (Phi) is 6.15. The van der Waals surface area contributed by atoms with Crippen LogP contribution in [-0.4, -0.2) is 53.1 Å². The van der Waals surface area contributed by atoms with Crippen molar-refractivity contribution in [3.8, 4) is 0 Å². The van der Waals surface area contributed by atoms with E-state index in [1.807, 2.05) is 0 Å². The number of ether oxygens (including phenoxy) is 1. The molecule has 1 aliphatic heterocycles. The lowest BCUT2D eigenvalue weighted by Gasteiger charge is -2.35. The third-order valence-electron chi connectivity index (χ3n) is 4.55. The van der Waals surface area contributed by atoms with Crippen molar-refractivity contribution in [3.63, 3.8) is 0 Å². The molecule has 1 saturated heterocycles. The lowest BCUT2D eigenvalue weighted by molar-refractivity contribution is -0.151. The maximum Gasteiger partial charge on any atom is 0.331 e. The van der Waals surface area contributed by atoms with Crippen LogP contribution in [-0.2, 0) is 19.1 Å². The smallest absolute Gasteiger partial charge is 0.331 e. The molecule has 7 heteroatoms. The van der Waals surface area contributed by atoms with Gasteiger partial charge in [0.05, 0.1) is 6.04 Å². The van der Waals surface area contributed by atoms with Crippen molar-refractivity contribution in [3.05, 3.63) is 12.2 Å². The lowest BCUT2D eigenvalue weighted by Crippen LogP contribution is -2.51. The highest BCUT2D eigenvalue weighted by atomic mass is 16.5. The van der Waals surface area contributed by atoms with Gasteiger partial charge in [-0.1, -0.05) is 6.42 Å². The average molecular weight is 324 g/mol. The molecule has 1 saturated carbocycles. The van der Waals surface area contributed by atoms with Gasteiger partial charge >= 0.3 is 11.9 Å². The van der Waals surface area contributed by atoms with Crippen LogP contribution in [0.15, 0.2) is 12.2 Å². The first-order valence-corrected chi connectivity index (χ1v) is 8.15. The molecule has 0 bridgehead atoms. The van der Waals surface area contributed by atoms with Crippen molar-refractivity contribution < 1.29 is 24.2 Å². The first-order valence-electron chi connectivity index (χ1n) is 8.15. The van der Waals surface area contributed by atoms with Gasteiger partial charge in [-0.15, -0.1) is 0 Å². The van der Waals surface area contributed by atoms with Gasteiger partial charge in [-0.25, -0.2) is 9.59 Å². The van der Waals surface area contributed by atoms with E-state index in [0.717, 1.165) is 57.3 Å². The van der Waals surface area contributed by atoms with Crippen LogP contribution in [0, 0.1) is 5.92 Å². The molecule has 0 spiro atoms. The van der Waals surface area contributed by atoms with Gasteiger partial charge in [0.15, 0.2) is 0 Å². The van der Waals surface area contributed by atoms with E-state index in [9.17, 15) is 14.4 Å². The minimum atomic E-state index is -1.21.